The fourth-order valence-electron chi connectivity index (χ4n) is 3.99. The van der Waals surface area contributed by atoms with Crippen LogP contribution in [0.4, 0.5) is 0 Å². The third kappa shape index (κ3) is 2.32. The Morgan fingerprint density at radius 1 is 1.10 bits per heavy atom. The Bertz CT molecular complexity index is 553. The van der Waals surface area contributed by atoms with Crippen molar-refractivity contribution < 1.29 is 13.2 Å². The van der Waals surface area contributed by atoms with Gasteiger partial charge in [-0.05, 0) is 77.6 Å². The van der Waals surface area contributed by atoms with Gasteiger partial charge in [-0.1, -0.05) is 0 Å². The second kappa shape index (κ2) is 4.46. The zero-order valence-corrected chi connectivity index (χ0v) is 14.4. The highest BCUT2D eigenvalue weighted by molar-refractivity contribution is 7.91. The van der Waals surface area contributed by atoms with Gasteiger partial charge in [-0.3, -0.25) is 0 Å². The molecule has 0 atom stereocenters. The number of rotatable bonds is 2. The Labute approximate surface area is 128 Å². The molecule has 120 valence electrons. The van der Waals surface area contributed by atoms with Gasteiger partial charge >= 0.3 is 0 Å². The number of hydrogen-bond acceptors (Lipinski definition) is 3. The average molecular weight is 313 g/mol. The Kier molecular flexibility index (Phi) is 3.26. The first-order chi connectivity index (χ1) is 9.57. The number of sulfonamides is 1. The lowest BCUT2D eigenvalue weighted by atomic mass is 9.59. The van der Waals surface area contributed by atoms with Gasteiger partial charge in [-0.15, -0.1) is 4.40 Å². The van der Waals surface area contributed by atoms with Gasteiger partial charge in [0.05, 0.1) is 0 Å². The van der Waals surface area contributed by atoms with Gasteiger partial charge < -0.3 is 4.74 Å². The van der Waals surface area contributed by atoms with Crippen LogP contribution in [-0.2, 0) is 14.8 Å². The molecule has 0 N–H and O–H groups in total. The maximum Gasteiger partial charge on any atom is 0.265 e. The molecule has 1 aliphatic heterocycles. The summed E-state index contributed by atoms with van der Waals surface area (Å²) in [6, 6.07) is 0. The third-order valence-electron chi connectivity index (χ3n) is 6.46. The van der Waals surface area contributed by atoms with E-state index in [0.717, 1.165) is 5.92 Å². The van der Waals surface area contributed by atoms with Gasteiger partial charge in [0, 0.05) is 6.42 Å². The SMILES string of the molecule is CC1(C)OC(CC23CCC(CC2)CC3)=NS(=O)(=O)C1(C)C. The Morgan fingerprint density at radius 2 is 1.62 bits per heavy atom. The van der Waals surface area contributed by atoms with Gasteiger partial charge in [-0.2, -0.15) is 0 Å². The molecule has 5 heteroatoms. The summed E-state index contributed by atoms with van der Waals surface area (Å²) in [4.78, 5) is 0. The monoisotopic (exact) mass is 313 g/mol. The molecule has 3 aliphatic carbocycles. The van der Waals surface area contributed by atoms with Crippen LogP contribution < -0.4 is 0 Å². The summed E-state index contributed by atoms with van der Waals surface area (Å²) in [6.07, 6.45) is 8.15. The Hall–Kier alpha value is -0.580. The molecular weight excluding hydrogens is 286 g/mol. The van der Waals surface area contributed by atoms with Gasteiger partial charge in [0.15, 0.2) is 0 Å². The van der Waals surface area contributed by atoms with Crippen LogP contribution in [0.1, 0.15) is 72.6 Å². The van der Waals surface area contributed by atoms with Crippen molar-refractivity contribution in [3.05, 3.63) is 0 Å². The minimum Gasteiger partial charge on any atom is -0.472 e. The summed E-state index contributed by atoms with van der Waals surface area (Å²) in [5, 5.41) is 0. The van der Waals surface area contributed by atoms with Crippen molar-refractivity contribution in [3.8, 4) is 0 Å². The summed E-state index contributed by atoms with van der Waals surface area (Å²) < 4.78 is 34.1. The van der Waals surface area contributed by atoms with E-state index in [9.17, 15) is 8.42 Å². The zero-order chi connectivity index (χ0) is 15.5. The van der Waals surface area contributed by atoms with Crippen molar-refractivity contribution in [2.75, 3.05) is 0 Å². The highest BCUT2D eigenvalue weighted by Gasteiger charge is 2.54. The summed E-state index contributed by atoms with van der Waals surface area (Å²) >= 11 is 0. The second-order valence-corrected chi connectivity index (χ2v) is 10.4. The van der Waals surface area contributed by atoms with Crippen LogP contribution in [0.5, 0.6) is 0 Å². The maximum absolute atomic E-state index is 12.5. The van der Waals surface area contributed by atoms with Crippen LogP contribution in [-0.4, -0.2) is 24.7 Å². The number of hydrogen-bond donors (Lipinski definition) is 0. The molecule has 0 radical (unpaired) electrons. The molecule has 4 aliphatic rings. The Morgan fingerprint density at radius 3 is 2.10 bits per heavy atom. The van der Waals surface area contributed by atoms with Crippen LogP contribution in [0.3, 0.4) is 0 Å². The van der Waals surface area contributed by atoms with Crippen LogP contribution in [0.25, 0.3) is 0 Å². The molecule has 3 saturated carbocycles. The van der Waals surface area contributed by atoms with Gasteiger partial charge in [0.2, 0.25) is 5.90 Å². The lowest BCUT2D eigenvalue weighted by molar-refractivity contribution is 0.0285. The molecule has 4 nitrogen and oxygen atoms in total. The van der Waals surface area contributed by atoms with Crippen molar-refractivity contribution in [1.82, 2.24) is 0 Å². The minimum atomic E-state index is -3.53. The smallest absolute Gasteiger partial charge is 0.265 e. The quantitative estimate of drug-likeness (QED) is 0.781. The predicted molar refractivity (Wildman–Crippen MR) is 83.8 cm³/mol. The predicted octanol–water partition coefficient (Wildman–Crippen LogP) is 3.66. The second-order valence-electron chi connectivity index (χ2n) is 8.24. The highest BCUT2D eigenvalue weighted by atomic mass is 32.2. The fraction of sp³-hybridized carbons (Fsp3) is 0.938. The first kappa shape index (κ1) is 15.3. The average Bonchev–Trinajstić information content (AvgIpc) is 2.37. The van der Waals surface area contributed by atoms with E-state index in [0.29, 0.717) is 12.3 Å². The topological polar surface area (TPSA) is 55.7 Å². The molecule has 0 saturated heterocycles. The van der Waals surface area contributed by atoms with Crippen LogP contribution >= 0.6 is 0 Å². The summed E-state index contributed by atoms with van der Waals surface area (Å²) in [5.41, 5.74) is -0.508. The van der Waals surface area contributed by atoms with E-state index in [-0.39, 0.29) is 5.41 Å². The molecule has 0 spiro atoms. The number of ether oxygens (including phenoxy) is 1. The molecular formula is C16H27NO3S. The molecule has 0 aromatic heterocycles. The number of nitrogens with zero attached hydrogens (tertiary/aromatic N) is 1. The van der Waals surface area contributed by atoms with E-state index in [1.165, 1.54) is 38.5 Å². The standard InChI is InChI=1S/C16H27NO3S/c1-14(2)15(3,4)21(18,19)17-13(20-14)11-16-8-5-12(6-9-16)7-10-16/h12H,5-11H2,1-4H3. The summed E-state index contributed by atoms with van der Waals surface area (Å²) in [6.45, 7) is 7.11. The summed E-state index contributed by atoms with van der Waals surface area (Å²) in [5.74, 6) is 1.35. The van der Waals surface area contributed by atoms with Crippen molar-refractivity contribution >= 4 is 15.9 Å². The molecule has 1 heterocycles. The van der Waals surface area contributed by atoms with Crippen LogP contribution in [0.15, 0.2) is 4.40 Å². The van der Waals surface area contributed by atoms with E-state index in [4.69, 9.17) is 4.74 Å². The van der Waals surface area contributed by atoms with E-state index >= 15 is 0 Å². The van der Waals surface area contributed by atoms with E-state index in [2.05, 4.69) is 4.40 Å². The van der Waals surface area contributed by atoms with Crippen molar-refractivity contribution in [2.24, 2.45) is 15.7 Å². The normalized spacial score (nSPS) is 39.4. The van der Waals surface area contributed by atoms with Gasteiger partial charge in [0.1, 0.15) is 10.3 Å². The van der Waals surface area contributed by atoms with E-state index in [1.807, 2.05) is 13.8 Å². The molecule has 0 unspecified atom stereocenters. The molecule has 0 aromatic carbocycles. The zero-order valence-electron chi connectivity index (χ0n) is 13.6. The lowest BCUT2D eigenvalue weighted by Crippen LogP contribution is -2.56. The largest absolute Gasteiger partial charge is 0.472 e. The van der Waals surface area contributed by atoms with Crippen molar-refractivity contribution in [1.29, 1.82) is 0 Å². The van der Waals surface area contributed by atoms with Crippen LogP contribution in [0.2, 0.25) is 0 Å². The maximum atomic E-state index is 12.5. The van der Waals surface area contributed by atoms with Crippen molar-refractivity contribution in [3.63, 3.8) is 0 Å². The van der Waals surface area contributed by atoms with E-state index < -0.39 is 20.4 Å². The first-order valence-electron chi connectivity index (χ1n) is 8.09. The van der Waals surface area contributed by atoms with Crippen molar-refractivity contribution in [2.45, 2.75) is 83.0 Å². The fourth-order valence-corrected chi connectivity index (χ4v) is 5.25. The molecule has 0 aromatic rings. The molecule has 3 fully saturated rings. The van der Waals surface area contributed by atoms with Crippen LogP contribution in [0, 0.1) is 11.3 Å². The molecule has 21 heavy (non-hydrogen) atoms. The minimum absolute atomic E-state index is 0.237. The van der Waals surface area contributed by atoms with Gasteiger partial charge in [0.25, 0.3) is 10.0 Å². The Balaban J connectivity index is 1.88. The van der Waals surface area contributed by atoms with Gasteiger partial charge in [-0.25, -0.2) is 8.42 Å². The molecule has 2 bridgehead atoms. The number of fused-ring (bicyclic) bond motifs is 3. The van der Waals surface area contributed by atoms with E-state index in [1.54, 1.807) is 13.8 Å². The highest BCUT2D eigenvalue weighted by Crippen LogP contribution is 2.53. The third-order valence-corrected chi connectivity index (χ3v) is 8.69. The molecule has 0 amide bonds. The molecule has 4 rings (SSSR count). The first-order valence-corrected chi connectivity index (χ1v) is 9.53. The lowest BCUT2D eigenvalue weighted by Gasteiger charge is -2.48. The summed E-state index contributed by atoms with van der Waals surface area (Å²) in [7, 11) is -3.53.